The zero-order chi connectivity index (χ0) is 13.7. The average Bonchev–Trinajstić information content (AvgIpc) is 2.42. The molecule has 0 saturated heterocycles. The first-order valence-electron chi connectivity index (χ1n) is 6.40. The van der Waals surface area contributed by atoms with Crippen molar-refractivity contribution in [3.8, 4) is 0 Å². The maximum absolute atomic E-state index is 12.0. The van der Waals surface area contributed by atoms with Gasteiger partial charge in [-0.15, -0.1) is 0 Å². The van der Waals surface area contributed by atoms with E-state index in [0.29, 0.717) is 6.42 Å². The molecule has 0 unspecified atom stereocenters. The highest BCUT2D eigenvalue weighted by Crippen LogP contribution is 2.12. The molecule has 19 heavy (non-hydrogen) atoms. The third kappa shape index (κ3) is 3.65. The molecule has 1 aromatic carbocycles. The number of pyridine rings is 1. The number of aryl methyl sites for hydroxylation is 1. The van der Waals surface area contributed by atoms with Gasteiger partial charge in [-0.3, -0.25) is 9.78 Å². The normalized spacial score (nSPS) is 11.9. The number of aromatic nitrogens is 1. The number of nitrogens with zero attached hydrogens (tertiary/aromatic N) is 1. The van der Waals surface area contributed by atoms with E-state index in [1.165, 1.54) is 0 Å². The van der Waals surface area contributed by atoms with Crippen LogP contribution < -0.4 is 5.32 Å². The number of carbonyl (C=O) groups is 1. The van der Waals surface area contributed by atoms with Crippen LogP contribution in [0.1, 0.15) is 29.7 Å². The Labute approximate surface area is 113 Å². The summed E-state index contributed by atoms with van der Waals surface area (Å²) in [6, 6.07) is 11.8. The maximum atomic E-state index is 12.0. The van der Waals surface area contributed by atoms with Gasteiger partial charge in [0, 0.05) is 12.4 Å². The maximum Gasteiger partial charge on any atom is 0.224 e. The number of hydrogen-bond acceptors (Lipinski definition) is 2. The predicted octanol–water partition coefficient (Wildman–Crippen LogP) is 2.81. The molecule has 1 aromatic heterocycles. The number of amides is 1. The first-order chi connectivity index (χ1) is 9.16. The Morgan fingerprint density at radius 2 is 1.89 bits per heavy atom. The first kappa shape index (κ1) is 13.3. The van der Waals surface area contributed by atoms with Gasteiger partial charge >= 0.3 is 0 Å². The van der Waals surface area contributed by atoms with E-state index in [0.717, 1.165) is 16.7 Å². The molecule has 0 radical (unpaired) electrons. The lowest BCUT2D eigenvalue weighted by atomic mass is 10.0. The van der Waals surface area contributed by atoms with Gasteiger partial charge in [-0.1, -0.05) is 24.3 Å². The van der Waals surface area contributed by atoms with Gasteiger partial charge in [0.2, 0.25) is 5.91 Å². The SMILES string of the molecule is Cc1ccccc1CC(=O)N[C@H](C)c1ccncc1. The van der Waals surface area contributed by atoms with Crippen LogP contribution in [-0.4, -0.2) is 10.9 Å². The van der Waals surface area contributed by atoms with Gasteiger partial charge < -0.3 is 5.32 Å². The van der Waals surface area contributed by atoms with E-state index in [4.69, 9.17) is 0 Å². The van der Waals surface area contributed by atoms with Crippen LogP contribution in [0.3, 0.4) is 0 Å². The van der Waals surface area contributed by atoms with Crippen molar-refractivity contribution in [1.82, 2.24) is 10.3 Å². The Morgan fingerprint density at radius 3 is 2.58 bits per heavy atom. The van der Waals surface area contributed by atoms with Crippen LogP contribution in [0.15, 0.2) is 48.8 Å². The molecule has 1 atom stereocenters. The standard InChI is InChI=1S/C16H18N2O/c1-12-5-3-4-6-15(12)11-16(19)18-13(2)14-7-9-17-10-8-14/h3-10,13H,11H2,1-2H3,(H,18,19)/t13-/m1/s1. The second-order valence-corrected chi connectivity index (χ2v) is 4.67. The van der Waals surface area contributed by atoms with Crippen molar-refractivity contribution in [2.75, 3.05) is 0 Å². The van der Waals surface area contributed by atoms with E-state index < -0.39 is 0 Å². The van der Waals surface area contributed by atoms with Crippen LogP contribution in [0.25, 0.3) is 0 Å². The minimum absolute atomic E-state index is 0.000446. The van der Waals surface area contributed by atoms with Crippen molar-refractivity contribution in [3.63, 3.8) is 0 Å². The van der Waals surface area contributed by atoms with Crippen molar-refractivity contribution in [1.29, 1.82) is 0 Å². The van der Waals surface area contributed by atoms with Crippen molar-refractivity contribution in [3.05, 3.63) is 65.5 Å². The van der Waals surface area contributed by atoms with E-state index in [2.05, 4.69) is 10.3 Å². The molecule has 1 N–H and O–H groups in total. The Kier molecular flexibility index (Phi) is 4.29. The quantitative estimate of drug-likeness (QED) is 0.911. The van der Waals surface area contributed by atoms with Gasteiger partial charge in [0.05, 0.1) is 12.5 Å². The largest absolute Gasteiger partial charge is 0.349 e. The molecule has 0 aliphatic heterocycles. The van der Waals surface area contributed by atoms with Crippen molar-refractivity contribution in [2.45, 2.75) is 26.3 Å². The highest BCUT2D eigenvalue weighted by atomic mass is 16.1. The fraction of sp³-hybridized carbons (Fsp3) is 0.250. The molecule has 0 fully saturated rings. The molecular weight excluding hydrogens is 236 g/mol. The lowest BCUT2D eigenvalue weighted by Gasteiger charge is -2.14. The van der Waals surface area contributed by atoms with E-state index in [-0.39, 0.29) is 11.9 Å². The summed E-state index contributed by atoms with van der Waals surface area (Å²) < 4.78 is 0. The van der Waals surface area contributed by atoms with Gasteiger partial charge in [-0.05, 0) is 42.7 Å². The van der Waals surface area contributed by atoms with Gasteiger partial charge in [-0.2, -0.15) is 0 Å². The molecule has 0 spiro atoms. The summed E-state index contributed by atoms with van der Waals surface area (Å²) in [6.45, 7) is 4.00. The van der Waals surface area contributed by atoms with Gasteiger partial charge in [0.25, 0.3) is 0 Å². The molecule has 0 aliphatic carbocycles. The van der Waals surface area contributed by atoms with E-state index >= 15 is 0 Å². The smallest absolute Gasteiger partial charge is 0.224 e. The predicted molar refractivity (Wildman–Crippen MR) is 75.7 cm³/mol. The molecule has 3 heteroatoms. The lowest BCUT2D eigenvalue weighted by Crippen LogP contribution is -2.28. The lowest BCUT2D eigenvalue weighted by molar-refractivity contribution is -0.121. The summed E-state index contributed by atoms with van der Waals surface area (Å²) in [6.07, 6.45) is 3.89. The van der Waals surface area contributed by atoms with E-state index in [9.17, 15) is 4.79 Å². The molecule has 0 saturated carbocycles. The highest BCUT2D eigenvalue weighted by molar-refractivity contribution is 5.79. The Hall–Kier alpha value is -2.16. The van der Waals surface area contributed by atoms with E-state index in [1.807, 2.05) is 50.2 Å². The molecular formula is C16H18N2O. The fourth-order valence-corrected chi connectivity index (χ4v) is 2.01. The van der Waals surface area contributed by atoms with Crippen molar-refractivity contribution < 1.29 is 4.79 Å². The van der Waals surface area contributed by atoms with Crippen molar-refractivity contribution in [2.24, 2.45) is 0 Å². The van der Waals surface area contributed by atoms with Gasteiger partial charge in [0.15, 0.2) is 0 Å². The first-order valence-corrected chi connectivity index (χ1v) is 6.40. The monoisotopic (exact) mass is 254 g/mol. The van der Waals surface area contributed by atoms with Crippen LogP contribution >= 0.6 is 0 Å². The molecule has 0 bridgehead atoms. The van der Waals surface area contributed by atoms with Crippen LogP contribution in [0.4, 0.5) is 0 Å². The molecule has 2 aromatic rings. The zero-order valence-electron chi connectivity index (χ0n) is 11.3. The molecule has 1 amide bonds. The van der Waals surface area contributed by atoms with Crippen LogP contribution in [-0.2, 0) is 11.2 Å². The number of carbonyl (C=O) groups excluding carboxylic acids is 1. The summed E-state index contributed by atoms with van der Waals surface area (Å²) in [5, 5.41) is 3.01. The van der Waals surface area contributed by atoms with Gasteiger partial charge in [-0.25, -0.2) is 0 Å². The zero-order valence-corrected chi connectivity index (χ0v) is 11.3. The van der Waals surface area contributed by atoms with Crippen LogP contribution in [0.2, 0.25) is 0 Å². The third-order valence-corrected chi connectivity index (χ3v) is 3.20. The Morgan fingerprint density at radius 1 is 1.21 bits per heavy atom. The van der Waals surface area contributed by atoms with Crippen LogP contribution in [0, 0.1) is 6.92 Å². The summed E-state index contributed by atoms with van der Waals surface area (Å²) in [7, 11) is 0. The average molecular weight is 254 g/mol. The number of nitrogens with one attached hydrogen (secondary N) is 1. The van der Waals surface area contributed by atoms with Crippen molar-refractivity contribution >= 4 is 5.91 Å². The minimum atomic E-state index is -0.000446. The molecule has 0 aliphatic rings. The number of hydrogen-bond donors (Lipinski definition) is 1. The van der Waals surface area contributed by atoms with Gasteiger partial charge in [0.1, 0.15) is 0 Å². The minimum Gasteiger partial charge on any atom is -0.349 e. The fourth-order valence-electron chi connectivity index (χ4n) is 2.01. The Bertz CT molecular complexity index is 552. The second kappa shape index (κ2) is 6.14. The molecule has 1 heterocycles. The summed E-state index contributed by atoms with van der Waals surface area (Å²) in [5.41, 5.74) is 3.28. The Balaban J connectivity index is 1.97. The summed E-state index contributed by atoms with van der Waals surface area (Å²) in [4.78, 5) is 16.0. The third-order valence-electron chi connectivity index (χ3n) is 3.20. The summed E-state index contributed by atoms with van der Waals surface area (Å²) >= 11 is 0. The molecule has 2 rings (SSSR count). The molecule has 3 nitrogen and oxygen atoms in total. The van der Waals surface area contributed by atoms with E-state index in [1.54, 1.807) is 12.4 Å². The number of rotatable bonds is 4. The number of benzene rings is 1. The molecule has 98 valence electrons. The summed E-state index contributed by atoms with van der Waals surface area (Å²) in [5.74, 6) is 0.0404. The van der Waals surface area contributed by atoms with Crippen LogP contribution in [0.5, 0.6) is 0 Å². The topological polar surface area (TPSA) is 42.0 Å². The highest BCUT2D eigenvalue weighted by Gasteiger charge is 2.10. The second-order valence-electron chi connectivity index (χ2n) is 4.67.